The van der Waals surface area contributed by atoms with Crippen molar-refractivity contribution in [2.45, 2.75) is 6.92 Å². The van der Waals surface area contributed by atoms with Crippen LogP contribution in [0.4, 0.5) is 0 Å². The summed E-state index contributed by atoms with van der Waals surface area (Å²) < 4.78 is 4.96. The highest BCUT2D eigenvalue weighted by Gasteiger charge is 2.37. The minimum Gasteiger partial charge on any atom is -0.507 e. The zero-order chi connectivity index (χ0) is 15.1. The second kappa shape index (κ2) is 4.51. The monoisotopic (exact) mass is 286 g/mol. The third-order valence-electron chi connectivity index (χ3n) is 3.10. The molecule has 2 aliphatic heterocycles. The van der Waals surface area contributed by atoms with Crippen molar-refractivity contribution in [1.82, 2.24) is 5.32 Å². The summed E-state index contributed by atoms with van der Waals surface area (Å²) in [6, 6.07) is 1.29. The first-order valence-corrected chi connectivity index (χ1v) is 6.03. The van der Waals surface area contributed by atoms with Crippen LogP contribution >= 0.6 is 0 Å². The number of fused-ring (bicyclic) bond motifs is 1. The van der Waals surface area contributed by atoms with Crippen molar-refractivity contribution in [3.63, 3.8) is 0 Å². The Kier molecular flexibility index (Phi) is 2.79. The first kappa shape index (κ1) is 13.0. The number of rotatable bonds is 1. The van der Waals surface area contributed by atoms with Crippen LogP contribution in [0, 0.1) is 18.3 Å². The van der Waals surface area contributed by atoms with Gasteiger partial charge in [-0.2, -0.15) is 4.99 Å². The molecule has 0 saturated carbocycles. The summed E-state index contributed by atoms with van der Waals surface area (Å²) in [7, 11) is 0. The molecule has 8 heteroatoms. The quantitative estimate of drug-likeness (QED) is 0.681. The molecule has 0 fully saturated rings. The van der Waals surface area contributed by atoms with Crippen molar-refractivity contribution in [2.75, 3.05) is 0 Å². The smallest absolute Gasteiger partial charge is 0.347 e. The number of dihydropyridines is 1. The number of nitrogens with one attached hydrogen (secondary N) is 2. The lowest BCUT2D eigenvalue weighted by molar-refractivity contribution is -0.120. The number of guanidine groups is 1. The second-order valence-corrected chi connectivity index (χ2v) is 4.55. The van der Waals surface area contributed by atoms with Gasteiger partial charge in [-0.05, 0) is 18.6 Å². The Labute approximate surface area is 118 Å². The normalized spacial score (nSPS) is 20.5. The number of amides is 1. The molecule has 3 rings (SSSR count). The summed E-state index contributed by atoms with van der Waals surface area (Å²) in [5.74, 6) is -1.73. The fourth-order valence-electron chi connectivity index (χ4n) is 2.28. The fourth-order valence-corrected chi connectivity index (χ4v) is 2.28. The molecule has 0 bridgehead atoms. The van der Waals surface area contributed by atoms with E-state index in [1.165, 1.54) is 25.3 Å². The average molecular weight is 286 g/mol. The summed E-state index contributed by atoms with van der Waals surface area (Å²) in [5.41, 5.74) is -0.616. The molecule has 2 aliphatic rings. The third kappa shape index (κ3) is 2.06. The highest BCUT2D eigenvalue weighted by atomic mass is 16.4. The molecule has 1 aromatic rings. The van der Waals surface area contributed by atoms with Gasteiger partial charge < -0.3 is 9.52 Å². The van der Waals surface area contributed by atoms with E-state index in [0.29, 0.717) is 0 Å². The van der Waals surface area contributed by atoms with E-state index in [-0.39, 0.29) is 34.4 Å². The maximum Gasteiger partial charge on any atom is 0.347 e. The molecule has 8 nitrogen and oxygen atoms in total. The summed E-state index contributed by atoms with van der Waals surface area (Å²) in [4.78, 5) is 31.8. The Hall–Kier alpha value is -3.03. The molecule has 3 N–H and O–H groups in total. The third-order valence-corrected chi connectivity index (χ3v) is 3.10. The van der Waals surface area contributed by atoms with Gasteiger partial charge in [0.25, 0.3) is 0 Å². The zero-order valence-electron chi connectivity index (χ0n) is 10.9. The van der Waals surface area contributed by atoms with Crippen LogP contribution in [0.15, 0.2) is 31.3 Å². The van der Waals surface area contributed by atoms with Crippen molar-refractivity contribution in [3.05, 3.63) is 33.9 Å². The molecule has 0 spiro atoms. The molecule has 21 heavy (non-hydrogen) atoms. The van der Waals surface area contributed by atoms with E-state index in [0.717, 1.165) is 0 Å². The number of carbonyl (C=O) groups excluding carboxylic acids is 1. The van der Waals surface area contributed by atoms with Crippen LogP contribution in [0.3, 0.4) is 0 Å². The van der Waals surface area contributed by atoms with Gasteiger partial charge in [0.05, 0.1) is 0 Å². The number of aromatic hydroxyl groups is 1. The molecule has 1 unspecified atom stereocenters. The summed E-state index contributed by atoms with van der Waals surface area (Å²) in [5, 5.41) is 19.6. The van der Waals surface area contributed by atoms with Crippen LogP contribution in [0.1, 0.15) is 11.3 Å². The number of hydrogen-bond acceptors (Lipinski definition) is 6. The Balaban J connectivity index is 2.20. The van der Waals surface area contributed by atoms with Crippen LogP contribution in [0.25, 0.3) is 5.57 Å². The van der Waals surface area contributed by atoms with Gasteiger partial charge >= 0.3 is 5.63 Å². The van der Waals surface area contributed by atoms with E-state index in [1.807, 2.05) is 0 Å². The maximum absolute atomic E-state index is 12.1. The molecule has 0 aliphatic carbocycles. The molecule has 0 aromatic carbocycles. The van der Waals surface area contributed by atoms with Gasteiger partial charge in [-0.15, -0.1) is 0 Å². The SMILES string of the molecule is Cc1cc(O)c(C2=CC=NC3=NC(=N)NC(=O)C23)c(=O)o1. The number of aliphatic imine (C=N–C) groups is 2. The van der Waals surface area contributed by atoms with E-state index in [4.69, 9.17) is 9.83 Å². The zero-order valence-corrected chi connectivity index (χ0v) is 10.9. The molecule has 3 heterocycles. The van der Waals surface area contributed by atoms with Crippen molar-refractivity contribution in [1.29, 1.82) is 5.41 Å². The first-order chi connectivity index (χ1) is 9.97. The van der Waals surface area contributed by atoms with Crippen LogP contribution in [0.2, 0.25) is 0 Å². The summed E-state index contributed by atoms with van der Waals surface area (Å²) >= 11 is 0. The summed E-state index contributed by atoms with van der Waals surface area (Å²) in [6.07, 6.45) is 2.80. The molecular weight excluding hydrogens is 276 g/mol. The lowest BCUT2D eigenvalue weighted by Gasteiger charge is -2.24. The van der Waals surface area contributed by atoms with Crippen LogP contribution in [-0.4, -0.2) is 29.0 Å². The van der Waals surface area contributed by atoms with Crippen molar-refractivity contribution in [2.24, 2.45) is 15.9 Å². The van der Waals surface area contributed by atoms with Crippen molar-refractivity contribution >= 4 is 29.5 Å². The minimum absolute atomic E-state index is 0.0978. The fraction of sp³-hybridized carbons (Fsp3) is 0.154. The van der Waals surface area contributed by atoms with E-state index in [2.05, 4.69) is 15.3 Å². The van der Waals surface area contributed by atoms with E-state index < -0.39 is 17.5 Å². The second-order valence-electron chi connectivity index (χ2n) is 4.55. The number of aryl methyl sites for hydroxylation is 1. The Bertz CT molecular complexity index is 816. The summed E-state index contributed by atoms with van der Waals surface area (Å²) in [6.45, 7) is 1.53. The van der Waals surface area contributed by atoms with E-state index >= 15 is 0 Å². The predicted octanol–water partition coefficient (Wildman–Crippen LogP) is 0.201. The molecule has 1 aromatic heterocycles. The van der Waals surface area contributed by atoms with Gasteiger partial charge in [0.2, 0.25) is 11.9 Å². The van der Waals surface area contributed by atoms with Gasteiger partial charge in [-0.1, -0.05) is 0 Å². The van der Waals surface area contributed by atoms with Gasteiger partial charge in [-0.25, -0.2) is 9.79 Å². The number of hydrogen-bond donors (Lipinski definition) is 3. The number of carbonyl (C=O) groups is 1. The lowest BCUT2D eigenvalue weighted by Crippen LogP contribution is -2.44. The Morgan fingerprint density at radius 1 is 1.43 bits per heavy atom. The highest BCUT2D eigenvalue weighted by molar-refractivity contribution is 6.26. The molecule has 0 radical (unpaired) electrons. The lowest BCUT2D eigenvalue weighted by atomic mass is 9.88. The topological polar surface area (TPSA) is 128 Å². The molecule has 106 valence electrons. The van der Waals surface area contributed by atoms with E-state index in [1.54, 1.807) is 0 Å². The molecular formula is C13H10N4O4. The average Bonchev–Trinajstić information content (AvgIpc) is 2.36. The molecule has 1 atom stereocenters. The standard InChI is InChI=1S/C13H10N4O4/c1-5-4-7(18)8(12(20)21-5)6-2-3-15-10-9(6)11(19)17-13(14)16-10/h2-4,9,18H,1H3,(H2,14,17,19). The van der Waals surface area contributed by atoms with Crippen molar-refractivity contribution < 1.29 is 14.3 Å². The van der Waals surface area contributed by atoms with Crippen LogP contribution in [-0.2, 0) is 4.79 Å². The maximum atomic E-state index is 12.1. The first-order valence-electron chi connectivity index (χ1n) is 6.03. The van der Waals surface area contributed by atoms with Gasteiger partial charge in [0, 0.05) is 12.3 Å². The van der Waals surface area contributed by atoms with E-state index in [9.17, 15) is 14.7 Å². The van der Waals surface area contributed by atoms with Gasteiger partial charge in [0.1, 0.15) is 28.8 Å². The number of amidine groups is 1. The number of nitrogens with zero attached hydrogens (tertiary/aromatic N) is 2. The van der Waals surface area contributed by atoms with Crippen LogP contribution in [0.5, 0.6) is 5.75 Å². The molecule has 1 amide bonds. The Morgan fingerprint density at radius 3 is 2.90 bits per heavy atom. The largest absolute Gasteiger partial charge is 0.507 e. The predicted molar refractivity (Wildman–Crippen MR) is 74.6 cm³/mol. The number of allylic oxidation sites excluding steroid dienone is 1. The Morgan fingerprint density at radius 2 is 2.19 bits per heavy atom. The van der Waals surface area contributed by atoms with Crippen molar-refractivity contribution in [3.8, 4) is 5.75 Å². The van der Waals surface area contributed by atoms with Crippen LogP contribution < -0.4 is 10.9 Å². The molecule has 0 saturated heterocycles. The van der Waals surface area contributed by atoms with Gasteiger partial charge in [-0.3, -0.25) is 15.5 Å². The highest BCUT2D eigenvalue weighted by Crippen LogP contribution is 2.32. The minimum atomic E-state index is -0.958. The van der Waals surface area contributed by atoms with Gasteiger partial charge in [0.15, 0.2) is 0 Å².